The average molecular weight is 317 g/mol. The van der Waals surface area contributed by atoms with Crippen molar-refractivity contribution in [3.05, 3.63) is 64.7 Å². The van der Waals surface area contributed by atoms with Crippen molar-refractivity contribution in [2.75, 3.05) is 11.9 Å². The van der Waals surface area contributed by atoms with E-state index in [4.69, 9.17) is 11.6 Å². The number of halogens is 1. The first kappa shape index (κ1) is 16.5. The van der Waals surface area contributed by atoms with Crippen molar-refractivity contribution in [3.8, 4) is 0 Å². The van der Waals surface area contributed by atoms with Gasteiger partial charge < -0.3 is 10.6 Å². The highest BCUT2D eigenvalue weighted by Gasteiger charge is 2.08. The minimum Gasteiger partial charge on any atom is -0.325 e. The third-order valence-corrected chi connectivity index (χ3v) is 3.80. The summed E-state index contributed by atoms with van der Waals surface area (Å²) in [4.78, 5) is 12.0. The van der Waals surface area contributed by atoms with E-state index in [1.54, 1.807) is 0 Å². The second kappa shape index (κ2) is 7.97. The molecule has 1 atom stereocenters. The molecule has 0 unspecified atom stereocenters. The maximum Gasteiger partial charge on any atom is 0.238 e. The molecule has 0 fully saturated rings. The molecule has 2 rings (SSSR count). The largest absolute Gasteiger partial charge is 0.325 e. The van der Waals surface area contributed by atoms with E-state index in [0.717, 1.165) is 17.7 Å². The molecular formula is C18H21ClN2O. The molecule has 4 heteroatoms. The van der Waals surface area contributed by atoms with Crippen LogP contribution in [0.1, 0.15) is 31.0 Å². The second-order valence-electron chi connectivity index (χ2n) is 5.26. The van der Waals surface area contributed by atoms with Gasteiger partial charge in [-0.15, -0.1) is 0 Å². The predicted octanol–water partition coefficient (Wildman–Crippen LogP) is 4.19. The van der Waals surface area contributed by atoms with Gasteiger partial charge >= 0.3 is 0 Å². The lowest BCUT2D eigenvalue weighted by molar-refractivity contribution is -0.115. The molecule has 0 spiro atoms. The molecule has 0 bridgehead atoms. The fourth-order valence-electron chi connectivity index (χ4n) is 2.17. The molecule has 2 aromatic carbocycles. The second-order valence-corrected chi connectivity index (χ2v) is 5.69. The smallest absolute Gasteiger partial charge is 0.238 e. The first-order valence-corrected chi connectivity index (χ1v) is 7.84. The maximum atomic E-state index is 12.0. The lowest BCUT2D eigenvalue weighted by atomic mass is 10.1. The van der Waals surface area contributed by atoms with E-state index in [1.807, 2.05) is 55.5 Å². The van der Waals surface area contributed by atoms with Crippen LogP contribution in [0.15, 0.2) is 48.5 Å². The lowest BCUT2D eigenvalue weighted by Gasteiger charge is -2.14. The van der Waals surface area contributed by atoms with Gasteiger partial charge in [-0.05, 0) is 48.7 Å². The first-order chi connectivity index (χ1) is 10.6. The molecule has 0 aliphatic rings. The van der Waals surface area contributed by atoms with E-state index in [1.165, 1.54) is 5.56 Å². The molecule has 116 valence electrons. The Morgan fingerprint density at radius 3 is 2.55 bits per heavy atom. The Morgan fingerprint density at radius 1 is 1.18 bits per heavy atom. The molecule has 22 heavy (non-hydrogen) atoms. The molecule has 0 saturated carbocycles. The van der Waals surface area contributed by atoms with Gasteiger partial charge in [-0.25, -0.2) is 0 Å². The number of amides is 1. The fourth-order valence-corrected chi connectivity index (χ4v) is 2.37. The highest BCUT2D eigenvalue weighted by Crippen LogP contribution is 2.17. The summed E-state index contributed by atoms with van der Waals surface area (Å²) in [7, 11) is 0. The van der Waals surface area contributed by atoms with Crippen LogP contribution in [-0.4, -0.2) is 12.5 Å². The Labute approximate surface area is 136 Å². The van der Waals surface area contributed by atoms with E-state index in [2.05, 4.69) is 17.6 Å². The number of carbonyl (C=O) groups is 1. The Bertz CT molecular complexity index is 625. The summed E-state index contributed by atoms with van der Waals surface area (Å²) in [6.07, 6.45) is 0.993. The summed E-state index contributed by atoms with van der Waals surface area (Å²) in [5.41, 5.74) is 3.14. The summed E-state index contributed by atoms with van der Waals surface area (Å²) >= 11 is 5.98. The Balaban J connectivity index is 1.84. The molecule has 3 nitrogen and oxygen atoms in total. The fraction of sp³-hybridized carbons (Fsp3) is 0.278. The maximum absolute atomic E-state index is 12.0. The molecule has 0 aliphatic heterocycles. The van der Waals surface area contributed by atoms with Gasteiger partial charge in [0.15, 0.2) is 0 Å². The Kier molecular flexibility index (Phi) is 5.99. The van der Waals surface area contributed by atoms with Crippen LogP contribution in [0.4, 0.5) is 5.69 Å². The Morgan fingerprint density at radius 2 is 1.91 bits per heavy atom. The van der Waals surface area contributed by atoms with Gasteiger partial charge in [0.1, 0.15) is 0 Å². The predicted molar refractivity (Wildman–Crippen MR) is 92.3 cm³/mol. The van der Waals surface area contributed by atoms with Crippen LogP contribution in [-0.2, 0) is 11.2 Å². The number of nitrogens with one attached hydrogen (secondary N) is 2. The van der Waals surface area contributed by atoms with Gasteiger partial charge in [-0.2, -0.15) is 0 Å². The number of carbonyl (C=O) groups excluding carboxylic acids is 1. The van der Waals surface area contributed by atoms with Crippen molar-refractivity contribution in [2.24, 2.45) is 0 Å². The molecule has 2 N–H and O–H groups in total. The highest BCUT2D eigenvalue weighted by atomic mass is 35.5. The van der Waals surface area contributed by atoms with Crippen molar-refractivity contribution in [2.45, 2.75) is 26.3 Å². The third kappa shape index (κ3) is 4.86. The minimum atomic E-state index is -0.0573. The van der Waals surface area contributed by atoms with Crippen LogP contribution in [0.2, 0.25) is 5.02 Å². The number of aryl methyl sites for hydroxylation is 1. The number of rotatable bonds is 6. The van der Waals surface area contributed by atoms with Gasteiger partial charge in [0.05, 0.1) is 6.54 Å². The average Bonchev–Trinajstić information content (AvgIpc) is 2.53. The van der Waals surface area contributed by atoms with E-state index in [0.29, 0.717) is 5.02 Å². The number of hydrogen-bond donors (Lipinski definition) is 2. The lowest BCUT2D eigenvalue weighted by Crippen LogP contribution is -2.30. The summed E-state index contributed by atoms with van der Waals surface area (Å²) in [6, 6.07) is 15.6. The van der Waals surface area contributed by atoms with Crippen molar-refractivity contribution in [3.63, 3.8) is 0 Å². The van der Waals surface area contributed by atoms with Crippen LogP contribution in [0.5, 0.6) is 0 Å². The van der Waals surface area contributed by atoms with E-state index in [9.17, 15) is 4.79 Å². The van der Waals surface area contributed by atoms with E-state index in [-0.39, 0.29) is 18.5 Å². The van der Waals surface area contributed by atoms with Gasteiger partial charge in [0, 0.05) is 16.8 Å². The summed E-state index contributed by atoms with van der Waals surface area (Å²) in [6.45, 7) is 4.37. The summed E-state index contributed by atoms with van der Waals surface area (Å²) in [5.74, 6) is -0.0573. The van der Waals surface area contributed by atoms with Gasteiger partial charge in [-0.3, -0.25) is 4.79 Å². The zero-order valence-electron chi connectivity index (χ0n) is 12.9. The molecule has 0 aromatic heterocycles. The summed E-state index contributed by atoms with van der Waals surface area (Å²) in [5, 5.41) is 6.78. The van der Waals surface area contributed by atoms with Crippen molar-refractivity contribution in [1.29, 1.82) is 0 Å². The first-order valence-electron chi connectivity index (χ1n) is 7.46. The van der Waals surface area contributed by atoms with Gasteiger partial charge in [-0.1, -0.05) is 42.8 Å². The van der Waals surface area contributed by atoms with Crippen LogP contribution in [0.3, 0.4) is 0 Å². The summed E-state index contributed by atoms with van der Waals surface area (Å²) < 4.78 is 0. The highest BCUT2D eigenvalue weighted by molar-refractivity contribution is 6.30. The zero-order chi connectivity index (χ0) is 15.9. The van der Waals surface area contributed by atoms with Gasteiger partial charge in [0.2, 0.25) is 5.91 Å². The molecule has 0 aliphatic carbocycles. The zero-order valence-corrected chi connectivity index (χ0v) is 13.7. The monoisotopic (exact) mass is 316 g/mol. The molecular weight excluding hydrogens is 296 g/mol. The van der Waals surface area contributed by atoms with Crippen LogP contribution in [0, 0.1) is 0 Å². The minimum absolute atomic E-state index is 0.0573. The topological polar surface area (TPSA) is 41.1 Å². The van der Waals surface area contributed by atoms with Crippen molar-refractivity contribution >= 4 is 23.2 Å². The SMILES string of the molecule is CCc1ccc(NC(=O)CN[C@@H](C)c2cccc(Cl)c2)cc1. The molecule has 1 amide bonds. The molecule has 0 saturated heterocycles. The Hall–Kier alpha value is -1.84. The number of anilines is 1. The molecule has 2 aromatic rings. The standard InChI is InChI=1S/C18H21ClN2O/c1-3-14-7-9-17(10-8-14)21-18(22)12-20-13(2)15-5-4-6-16(19)11-15/h4-11,13,20H,3,12H2,1-2H3,(H,21,22)/t13-/m0/s1. The van der Waals surface area contributed by atoms with E-state index < -0.39 is 0 Å². The number of benzene rings is 2. The van der Waals surface area contributed by atoms with Crippen LogP contribution >= 0.6 is 11.6 Å². The van der Waals surface area contributed by atoms with Gasteiger partial charge in [0.25, 0.3) is 0 Å². The quantitative estimate of drug-likeness (QED) is 0.839. The van der Waals surface area contributed by atoms with Crippen LogP contribution < -0.4 is 10.6 Å². The van der Waals surface area contributed by atoms with Crippen molar-refractivity contribution in [1.82, 2.24) is 5.32 Å². The van der Waals surface area contributed by atoms with Crippen molar-refractivity contribution < 1.29 is 4.79 Å². The molecule has 0 heterocycles. The molecule has 0 radical (unpaired) electrons. The van der Waals surface area contributed by atoms with E-state index >= 15 is 0 Å². The normalized spacial score (nSPS) is 12.0. The number of hydrogen-bond acceptors (Lipinski definition) is 2. The third-order valence-electron chi connectivity index (χ3n) is 3.56. The van der Waals surface area contributed by atoms with Crippen LogP contribution in [0.25, 0.3) is 0 Å².